The molecule has 75 valence electrons. The average Bonchev–Trinajstić information content (AvgIpc) is 2.28. The first-order chi connectivity index (χ1) is 7.33. The second-order valence-corrected chi connectivity index (χ2v) is 3.04. The summed E-state index contributed by atoms with van der Waals surface area (Å²) in [6.07, 6.45) is 2.69. The molecule has 0 aliphatic heterocycles. The number of benzene rings is 1. The standard InChI is InChI=1S/C12H10NO2/c1-2-15-12(14)10-7-8-13-11-6-4-3-5-9(10)11/h3-7H,2H2,1H3. The molecule has 0 amide bonds. The van der Waals surface area contributed by atoms with Crippen molar-refractivity contribution in [2.45, 2.75) is 6.92 Å². The van der Waals surface area contributed by atoms with Gasteiger partial charge in [-0.05, 0) is 19.1 Å². The summed E-state index contributed by atoms with van der Waals surface area (Å²) in [5, 5.41) is 0.801. The zero-order chi connectivity index (χ0) is 10.7. The minimum atomic E-state index is -0.327. The van der Waals surface area contributed by atoms with Crippen molar-refractivity contribution < 1.29 is 9.53 Å². The minimum absolute atomic E-state index is 0.327. The van der Waals surface area contributed by atoms with E-state index in [1.54, 1.807) is 13.0 Å². The Morgan fingerprint density at radius 2 is 2.27 bits per heavy atom. The maximum Gasteiger partial charge on any atom is 0.338 e. The van der Waals surface area contributed by atoms with Gasteiger partial charge in [0.1, 0.15) is 0 Å². The maximum absolute atomic E-state index is 11.6. The fourth-order valence-corrected chi connectivity index (χ4v) is 1.42. The molecular weight excluding hydrogens is 190 g/mol. The lowest BCUT2D eigenvalue weighted by Gasteiger charge is -2.04. The summed E-state index contributed by atoms with van der Waals surface area (Å²) in [6, 6.07) is 8.99. The lowest BCUT2D eigenvalue weighted by atomic mass is 10.1. The van der Waals surface area contributed by atoms with Gasteiger partial charge in [0.05, 0.1) is 23.9 Å². The van der Waals surface area contributed by atoms with E-state index < -0.39 is 0 Å². The van der Waals surface area contributed by atoms with E-state index in [0.717, 1.165) is 10.9 Å². The highest BCUT2D eigenvalue weighted by Gasteiger charge is 2.10. The Kier molecular flexibility index (Phi) is 2.63. The van der Waals surface area contributed by atoms with Gasteiger partial charge in [-0.2, -0.15) is 0 Å². The molecule has 15 heavy (non-hydrogen) atoms. The zero-order valence-electron chi connectivity index (χ0n) is 8.36. The van der Waals surface area contributed by atoms with Gasteiger partial charge in [0.25, 0.3) is 0 Å². The first-order valence-electron chi connectivity index (χ1n) is 4.76. The third kappa shape index (κ3) is 1.81. The summed E-state index contributed by atoms with van der Waals surface area (Å²) in [7, 11) is 0. The second kappa shape index (κ2) is 4.09. The van der Waals surface area contributed by atoms with Crippen LogP contribution in [0.2, 0.25) is 0 Å². The van der Waals surface area contributed by atoms with Gasteiger partial charge in [-0.1, -0.05) is 18.2 Å². The summed E-state index contributed by atoms with van der Waals surface area (Å²) in [5.41, 5.74) is 1.27. The summed E-state index contributed by atoms with van der Waals surface area (Å²) in [6.45, 7) is 2.15. The van der Waals surface area contributed by atoms with Gasteiger partial charge in [-0.25, -0.2) is 9.78 Å². The number of rotatable bonds is 2. The van der Waals surface area contributed by atoms with Crippen LogP contribution in [-0.2, 0) is 4.74 Å². The lowest BCUT2D eigenvalue weighted by Crippen LogP contribution is -2.05. The molecule has 0 saturated carbocycles. The van der Waals surface area contributed by atoms with Gasteiger partial charge in [-0.15, -0.1) is 0 Å². The van der Waals surface area contributed by atoms with Gasteiger partial charge in [0, 0.05) is 5.39 Å². The molecule has 3 heteroatoms. The summed E-state index contributed by atoms with van der Waals surface area (Å²) in [4.78, 5) is 15.6. The van der Waals surface area contributed by atoms with Crippen LogP contribution in [0.1, 0.15) is 17.3 Å². The Bertz CT molecular complexity index is 488. The maximum atomic E-state index is 11.6. The second-order valence-electron chi connectivity index (χ2n) is 3.04. The molecule has 0 N–H and O–H groups in total. The van der Waals surface area contributed by atoms with Gasteiger partial charge >= 0.3 is 5.97 Å². The van der Waals surface area contributed by atoms with Gasteiger partial charge in [0.15, 0.2) is 0 Å². The fourth-order valence-electron chi connectivity index (χ4n) is 1.42. The number of hydrogen-bond acceptors (Lipinski definition) is 3. The lowest BCUT2D eigenvalue weighted by molar-refractivity contribution is 0.0528. The molecule has 3 nitrogen and oxygen atoms in total. The molecule has 0 unspecified atom stereocenters. The van der Waals surface area contributed by atoms with Crippen molar-refractivity contribution in [1.29, 1.82) is 0 Å². The molecule has 0 saturated heterocycles. The number of pyridine rings is 1. The predicted molar refractivity (Wildman–Crippen MR) is 56.5 cm³/mol. The molecule has 0 aliphatic rings. The Morgan fingerprint density at radius 3 is 3.07 bits per heavy atom. The van der Waals surface area contributed by atoms with E-state index >= 15 is 0 Å². The number of esters is 1. The predicted octanol–water partition coefficient (Wildman–Crippen LogP) is 2.21. The third-order valence-electron chi connectivity index (χ3n) is 2.08. The van der Waals surface area contributed by atoms with Gasteiger partial charge in [-0.3, -0.25) is 0 Å². The summed E-state index contributed by atoms with van der Waals surface area (Å²) >= 11 is 0. The number of fused-ring (bicyclic) bond motifs is 1. The Hall–Kier alpha value is -1.90. The number of nitrogens with zero attached hydrogens (tertiary/aromatic N) is 1. The van der Waals surface area contributed by atoms with Crippen LogP contribution in [0.5, 0.6) is 0 Å². The van der Waals surface area contributed by atoms with Crippen LogP contribution in [0.3, 0.4) is 0 Å². The molecule has 1 aromatic heterocycles. The van der Waals surface area contributed by atoms with E-state index in [9.17, 15) is 4.79 Å². The molecule has 0 bridgehead atoms. The van der Waals surface area contributed by atoms with Crippen LogP contribution >= 0.6 is 0 Å². The first-order valence-corrected chi connectivity index (χ1v) is 4.76. The zero-order valence-corrected chi connectivity index (χ0v) is 8.36. The third-order valence-corrected chi connectivity index (χ3v) is 2.08. The highest BCUT2D eigenvalue weighted by molar-refractivity contribution is 6.03. The quantitative estimate of drug-likeness (QED) is 0.698. The van der Waals surface area contributed by atoms with E-state index in [4.69, 9.17) is 4.74 Å². The molecule has 1 aromatic carbocycles. The topological polar surface area (TPSA) is 39.2 Å². The number of para-hydroxylation sites is 1. The Balaban J connectivity index is 2.56. The molecule has 0 atom stereocenters. The largest absolute Gasteiger partial charge is 0.462 e. The highest BCUT2D eigenvalue weighted by atomic mass is 16.5. The van der Waals surface area contributed by atoms with Crippen LogP contribution in [0, 0.1) is 6.20 Å². The van der Waals surface area contributed by atoms with Crippen molar-refractivity contribution in [3.8, 4) is 0 Å². The Labute approximate surface area is 87.7 Å². The molecule has 1 heterocycles. The van der Waals surface area contributed by atoms with Gasteiger partial charge in [0.2, 0.25) is 0 Å². The first kappa shape index (κ1) is 9.65. The molecule has 0 spiro atoms. The van der Waals surface area contributed by atoms with Crippen molar-refractivity contribution in [2.24, 2.45) is 0 Å². The minimum Gasteiger partial charge on any atom is -0.462 e. The number of carbonyl (C=O) groups is 1. The van der Waals surface area contributed by atoms with Crippen molar-refractivity contribution in [2.75, 3.05) is 6.61 Å². The van der Waals surface area contributed by atoms with Crippen LogP contribution in [-0.4, -0.2) is 17.6 Å². The number of aromatic nitrogens is 1. The monoisotopic (exact) mass is 200 g/mol. The molecule has 0 fully saturated rings. The smallest absolute Gasteiger partial charge is 0.338 e. The van der Waals surface area contributed by atoms with Crippen molar-refractivity contribution >= 4 is 16.9 Å². The van der Waals surface area contributed by atoms with Crippen molar-refractivity contribution in [3.63, 3.8) is 0 Å². The van der Waals surface area contributed by atoms with Crippen LogP contribution < -0.4 is 0 Å². The highest BCUT2D eigenvalue weighted by Crippen LogP contribution is 2.16. The molecule has 2 rings (SSSR count). The normalized spacial score (nSPS) is 10.2. The van der Waals surface area contributed by atoms with E-state index in [-0.39, 0.29) is 5.97 Å². The molecule has 1 radical (unpaired) electrons. The van der Waals surface area contributed by atoms with Crippen molar-refractivity contribution in [3.05, 3.63) is 42.1 Å². The SMILES string of the molecule is CCOC(=O)c1c[c]nc2ccccc12. The average molecular weight is 200 g/mol. The summed E-state index contributed by atoms with van der Waals surface area (Å²) < 4.78 is 4.95. The number of carbonyl (C=O) groups excluding carboxylic acids is 1. The van der Waals surface area contributed by atoms with E-state index in [0.29, 0.717) is 12.2 Å². The molecule has 2 aromatic rings. The molecular formula is C12H10NO2. The van der Waals surface area contributed by atoms with Crippen LogP contribution in [0.15, 0.2) is 30.3 Å². The molecule has 0 aliphatic carbocycles. The van der Waals surface area contributed by atoms with Crippen LogP contribution in [0.4, 0.5) is 0 Å². The van der Waals surface area contributed by atoms with E-state index in [2.05, 4.69) is 11.2 Å². The van der Waals surface area contributed by atoms with Crippen molar-refractivity contribution in [1.82, 2.24) is 4.98 Å². The number of ether oxygens (including phenoxy) is 1. The van der Waals surface area contributed by atoms with E-state index in [1.807, 2.05) is 24.3 Å². The van der Waals surface area contributed by atoms with Crippen LogP contribution in [0.25, 0.3) is 10.9 Å². The number of hydrogen-bond donors (Lipinski definition) is 0. The summed E-state index contributed by atoms with van der Waals surface area (Å²) in [5.74, 6) is -0.327. The van der Waals surface area contributed by atoms with Gasteiger partial charge < -0.3 is 4.74 Å². The van der Waals surface area contributed by atoms with E-state index in [1.165, 1.54) is 0 Å². The fraction of sp³-hybridized carbons (Fsp3) is 0.167. The Morgan fingerprint density at radius 1 is 1.47 bits per heavy atom.